The number of nitrogens with one attached hydrogen (secondary N) is 1. The minimum absolute atomic E-state index is 0.470. The predicted octanol–water partition coefficient (Wildman–Crippen LogP) is 4.16. The van der Waals surface area contributed by atoms with E-state index in [0.717, 1.165) is 6.54 Å². The van der Waals surface area contributed by atoms with Crippen LogP contribution in [-0.4, -0.2) is 30.6 Å². The lowest BCUT2D eigenvalue weighted by molar-refractivity contribution is 0.132. The molecule has 1 aromatic carbocycles. The van der Waals surface area contributed by atoms with Crippen molar-refractivity contribution in [2.45, 2.75) is 71.0 Å². The van der Waals surface area contributed by atoms with Gasteiger partial charge in [-0.05, 0) is 57.3 Å². The van der Waals surface area contributed by atoms with E-state index in [2.05, 4.69) is 62.3 Å². The van der Waals surface area contributed by atoms with Crippen LogP contribution in [0.5, 0.6) is 0 Å². The van der Waals surface area contributed by atoms with Gasteiger partial charge in [-0.25, -0.2) is 0 Å². The van der Waals surface area contributed by atoms with E-state index in [4.69, 9.17) is 0 Å². The Bertz CT molecular complexity index is 429. The molecule has 3 atom stereocenters. The van der Waals surface area contributed by atoms with Gasteiger partial charge < -0.3 is 5.32 Å². The van der Waals surface area contributed by atoms with Gasteiger partial charge in [0, 0.05) is 18.1 Å². The number of aryl methyl sites for hydroxylation is 1. The average molecular weight is 288 g/mol. The monoisotopic (exact) mass is 288 g/mol. The number of hydrogen-bond acceptors (Lipinski definition) is 2. The summed E-state index contributed by atoms with van der Waals surface area (Å²) in [5.41, 5.74) is 3.07. The molecule has 0 aliphatic heterocycles. The third kappa shape index (κ3) is 3.87. The van der Waals surface area contributed by atoms with Crippen molar-refractivity contribution < 1.29 is 0 Å². The summed E-state index contributed by atoms with van der Waals surface area (Å²) in [6, 6.07) is 10.8. The fraction of sp³-hybridized carbons (Fsp3) is 0.684. The molecule has 118 valence electrons. The lowest BCUT2D eigenvalue weighted by Crippen LogP contribution is -2.46. The number of nitrogens with zero attached hydrogens (tertiary/aromatic N) is 1. The van der Waals surface area contributed by atoms with Crippen molar-refractivity contribution in [1.82, 2.24) is 10.2 Å². The van der Waals surface area contributed by atoms with Crippen LogP contribution >= 0.6 is 0 Å². The molecule has 1 N–H and O–H groups in total. The second-order valence-electron chi connectivity index (χ2n) is 6.50. The van der Waals surface area contributed by atoms with Gasteiger partial charge in [0.25, 0.3) is 0 Å². The molecular formula is C19H32N2. The second-order valence-corrected chi connectivity index (χ2v) is 6.50. The normalized spacial score (nSPS) is 23.7. The molecule has 3 unspecified atom stereocenters. The number of benzene rings is 1. The number of rotatable bonds is 6. The smallest absolute Gasteiger partial charge is 0.0480 e. The van der Waals surface area contributed by atoms with Crippen LogP contribution in [0.1, 0.15) is 63.6 Å². The fourth-order valence-electron chi connectivity index (χ4n) is 3.79. The summed E-state index contributed by atoms with van der Waals surface area (Å²) < 4.78 is 0. The van der Waals surface area contributed by atoms with Crippen LogP contribution < -0.4 is 5.32 Å². The number of likely N-dealkylation sites (N-methyl/N-ethyl adjacent to an activating group) is 2. The quantitative estimate of drug-likeness (QED) is 0.791. The first-order valence-corrected chi connectivity index (χ1v) is 8.72. The summed E-state index contributed by atoms with van der Waals surface area (Å²) in [6.07, 6.45) is 6.36. The van der Waals surface area contributed by atoms with Gasteiger partial charge in [-0.2, -0.15) is 0 Å². The van der Waals surface area contributed by atoms with Crippen LogP contribution in [0.25, 0.3) is 0 Å². The van der Waals surface area contributed by atoms with Crippen LogP contribution in [-0.2, 0) is 6.42 Å². The highest BCUT2D eigenvalue weighted by Crippen LogP contribution is 2.32. The summed E-state index contributed by atoms with van der Waals surface area (Å²) in [4.78, 5) is 2.62. The Hall–Kier alpha value is -0.860. The van der Waals surface area contributed by atoms with Crippen LogP contribution in [0, 0.1) is 0 Å². The van der Waals surface area contributed by atoms with Crippen molar-refractivity contribution in [3.63, 3.8) is 0 Å². The molecule has 21 heavy (non-hydrogen) atoms. The summed E-state index contributed by atoms with van der Waals surface area (Å²) in [5, 5.41) is 3.77. The molecule has 0 radical (unpaired) electrons. The highest BCUT2D eigenvalue weighted by molar-refractivity contribution is 5.32. The van der Waals surface area contributed by atoms with Gasteiger partial charge in [0.15, 0.2) is 0 Å². The van der Waals surface area contributed by atoms with Crippen molar-refractivity contribution in [2.75, 3.05) is 13.6 Å². The van der Waals surface area contributed by atoms with Crippen LogP contribution in [0.4, 0.5) is 0 Å². The van der Waals surface area contributed by atoms with Crippen molar-refractivity contribution >= 4 is 0 Å². The van der Waals surface area contributed by atoms with Gasteiger partial charge in [0.2, 0.25) is 0 Å². The van der Waals surface area contributed by atoms with E-state index in [1.54, 1.807) is 5.56 Å². The lowest BCUT2D eigenvalue weighted by Gasteiger charge is -2.38. The van der Waals surface area contributed by atoms with E-state index in [-0.39, 0.29) is 0 Å². The predicted molar refractivity (Wildman–Crippen MR) is 91.7 cm³/mol. The van der Waals surface area contributed by atoms with E-state index in [0.29, 0.717) is 18.1 Å². The van der Waals surface area contributed by atoms with Gasteiger partial charge in [-0.15, -0.1) is 0 Å². The Balaban J connectivity index is 2.27. The highest BCUT2D eigenvalue weighted by Gasteiger charge is 2.31. The summed E-state index contributed by atoms with van der Waals surface area (Å²) in [5.74, 6) is 0. The molecule has 0 heterocycles. The van der Waals surface area contributed by atoms with Gasteiger partial charge in [-0.1, -0.05) is 44.5 Å². The maximum Gasteiger partial charge on any atom is 0.0480 e. The zero-order valence-corrected chi connectivity index (χ0v) is 14.2. The molecule has 2 heteroatoms. The van der Waals surface area contributed by atoms with Crippen molar-refractivity contribution in [3.05, 3.63) is 35.4 Å². The minimum atomic E-state index is 0.470. The number of fused-ring (bicyclic) bond motifs is 1. The van der Waals surface area contributed by atoms with Gasteiger partial charge >= 0.3 is 0 Å². The maximum atomic E-state index is 3.77. The van der Waals surface area contributed by atoms with Crippen molar-refractivity contribution in [2.24, 2.45) is 0 Å². The Kier molecular flexibility index (Phi) is 6.25. The van der Waals surface area contributed by atoms with E-state index in [9.17, 15) is 0 Å². The molecule has 2 nitrogen and oxygen atoms in total. The molecule has 0 spiro atoms. The van der Waals surface area contributed by atoms with E-state index in [1.165, 1.54) is 37.7 Å². The standard InChI is InChI=1S/C19H32N2/c1-5-10-15(3)21(4)18-14-9-12-16-11-7-8-13-17(16)19(18)20-6-2/h7-8,11,13,15,18-20H,5-6,9-10,12,14H2,1-4H3. The second kappa shape index (κ2) is 7.95. The van der Waals surface area contributed by atoms with E-state index in [1.807, 2.05) is 0 Å². The Labute approximate surface area is 130 Å². The molecular weight excluding hydrogens is 256 g/mol. The van der Waals surface area contributed by atoms with Crippen LogP contribution in [0.3, 0.4) is 0 Å². The fourth-order valence-corrected chi connectivity index (χ4v) is 3.79. The molecule has 2 rings (SSSR count). The zero-order chi connectivity index (χ0) is 15.2. The largest absolute Gasteiger partial charge is 0.309 e. The summed E-state index contributed by atoms with van der Waals surface area (Å²) in [7, 11) is 2.32. The highest BCUT2D eigenvalue weighted by atomic mass is 15.2. The molecule has 0 fully saturated rings. The maximum absolute atomic E-state index is 3.77. The first-order valence-electron chi connectivity index (χ1n) is 8.72. The third-order valence-corrected chi connectivity index (χ3v) is 5.07. The average Bonchev–Trinajstić information content (AvgIpc) is 2.67. The third-order valence-electron chi connectivity index (χ3n) is 5.07. The minimum Gasteiger partial charge on any atom is -0.309 e. The van der Waals surface area contributed by atoms with Gasteiger partial charge in [0.1, 0.15) is 0 Å². The molecule has 0 aromatic heterocycles. The molecule has 0 amide bonds. The lowest BCUT2D eigenvalue weighted by atomic mass is 9.94. The van der Waals surface area contributed by atoms with Crippen LogP contribution in [0.2, 0.25) is 0 Å². The van der Waals surface area contributed by atoms with Crippen molar-refractivity contribution in [1.29, 1.82) is 0 Å². The number of hydrogen-bond donors (Lipinski definition) is 1. The van der Waals surface area contributed by atoms with Gasteiger partial charge in [0.05, 0.1) is 0 Å². The first kappa shape index (κ1) is 16.5. The summed E-state index contributed by atoms with van der Waals surface area (Å²) in [6.45, 7) is 7.92. The van der Waals surface area contributed by atoms with Crippen molar-refractivity contribution in [3.8, 4) is 0 Å². The molecule has 1 aliphatic rings. The van der Waals surface area contributed by atoms with E-state index < -0.39 is 0 Å². The summed E-state index contributed by atoms with van der Waals surface area (Å²) >= 11 is 0. The molecule has 1 aliphatic carbocycles. The van der Waals surface area contributed by atoms with Gasteiger partial charge in [-0.3, -0.25) is 4.90 Å². The Morgan fingerprint density at radius 1 is 1.29 bits per heavy atom. The topological polar surface area (TPSA) is 15.3 Å². The van der Waals surface area contributed by atoms with E-state index >= 15 is 0 Å². The van der Waals surface area contributed by atoms with Crippen LogP contribution in [0.15, 0.2) is 24.3 Å². The molecule has 1 aromatic rings. The Morgan fingerprint density at radius 2 is 2.05 bits per heavy atom. The Morgan fingerprint density at radius 3 is 2.76 bits per heavy atom. The molecule has 0 saturated carbocycles. The SMILES string of the molecule is CCCC(C)N(C)C1CCCc2ccccc2C1NCC. The first-order chi connectivity index (χ1) is 10.2. The molecule has 0 saturated heterocycles. The zero-order valence-electron chi connectivity index (χ0n) is 14.2. The molecule has 0 bridgehead atoms.